The van der Waals surface area contributed by atoms with Crippen LogP contribution < -0.4 is 10.6 Å². The van der Waals surface area contributed by atoms with Gasteiger partial charge in [-0.1, -0.05) is 13.8 Å². The van der Waals surface area contributed by atoms with Gasteiger partial charge in [-0.3, -0.25) is 4.79 Å². The molecular weight excluding hydrogens is 282 g/mol. The van der Waals surface area contributed by atoms with Crippen LogP contribution in [0.15, 0.2) is 24.3 Å². The minimum atomic E-state index is 0.125. The third-order valence-electron chi connectivity index (χ3n) is 3.45. The quantitative estimate of drug-likeness (QED) is 0.840. The van der Waals surface area contributed by atoms with Gasteiger partial charge in [0.1, 0.15) is 0 Å². The second-order valence-corrected chi connectivity index (χ2v) is 6.21. The van der Waals surface area contributed by atoms with Crippen LogP contribution in [0, 0.1) is 5.92 Å². The molecule has 1 saturated heterocycles. The average Bonchev–Trinajstić information content (AvgIpc) is 2.99. The highest BCUT2D eigenvalue weighted by Gasteiger charge is 2.19. The Morgan fingerprint density at radius 2 is 1.86 bits per heavy atom. The Kier molecular flexibility index (Phi) is 5.56. The van der Waals surface area contributed by atoms with Gasteiger partial charge < -0.3 is 15.5 Å². The van der Waals surface area contributed by atoms with Crippen molar-refractivity contribution in [3.05, 3.63) is 29.8 Å². The minimum Gasteiger partial charge on any atom is -0.362 e. The van der Waals surface area contributed by atoms with Crippen molar-refractivity contribution < 1.29 is 4.79 Å². The normalized spacial score (nSPS) is 14.3. The molecule has 0 aromatic heterocycles. The molecule has 0 unspecified atom stereocenters. The maximum absolute atomic E-state index is 12.2. The summed E-state index contributed by atoms with van der Waals surface area (Å²) in [6.07, 6.45) is 2.22. The fourth-order valence-electron chi connectivity index (χ4n) is 2.27. The van der Waals surface area contributed by atoms with Crippen LogP contribution in [0.2, 0.25) is 0 Å². The second-order valence-electron chi connectivity index (χ2n) is 5.81. The molecule has 4 nitrogen and oxygen atoms in total. The summed E-state index contributed by atoms with van der Waals surface area (Å²) in [6.45, 7) is 6.87. The summed E-state index contributed by atoms with van der Waals surface area (Å²) in [5.74, 6) is 0.671. The van der Waals surface area contributed by atoms with E-state index in [-0.39, 0.29) is 5.91 Å². The molecule has 1 aliphatic rings. The van der Waals surface area contributed by atoms with Crippen molar-refractivity contribution in [2.75, 3.05) is 25.0 Å². The Bertz CT molecular complexity index is 493. The van der Waals surface area contributed by atoms with Crippen LogP contribution in [0.25, 0.3) is 0 Å². The molecule has 5 heteroatoms. The highest BCUT2D eigenvalue weighted by atomic mass is 32.1. The van der Waals surface area contributed by atoms with Gasteiger partial charge >= 0.3 is 0 Å². The lowest BCUT2D eigenvalue weighted by Gasteiger charge is -2.16. The second kappa shape index (κ2) is 7.41. The molecule has 1 fully saturated rings. The van der Waals surface area contributed by atoms with E-state index in [0.29, 0.717) is 11.0 Å². The summed E-state index contributed by atoms with van der Waals surface area (Å²) in [5.41, 5.74) is 1.64. The number of anilines is 1. The summed E-state index contributed by atoms with van der Waals surface area (Å²) < 4.78 is 0. The lowest BCUT2D eigenvalue weighted by molar-refractivity contribution is 0.0793. The number of nitrogens with zero attached hydrogens (tertiary/aromatic N) is 1. The molecule has 2 rings (SSSR count). The van der Waals surface area contributed by atoms with Crippen LogP contribution in [0.1, 0.15) is 37.0 Å². The van der Waals surface area contributed by atoms with Gasteiger partial charge in [-0.25, -0.2) is 0 Å². The number of rotatable bonds is 4. The van der Waals surface area contributed by atoms with Crippen molar-refractivity contribution in [2.45, 2.75) is 26.7 Å². The van der Waals surface area contributed by atoms with Gasteiger partial charge in [-0.2, -0.15) is 0 Å². The summed E-state index contributed by atoms with van der Waals surface area (Å²) in [6, 6.07) is 7.50. The van der Waals surface area contributed by atoms with Crippen molar-refractivity contribution in [2.24, 2.45) is 5.92 Å². The number of hydrogen-bond acceptors (Lipinski definition) is 2. The standard InChI is InChI=1S/C16H23N3OS/c1-12(2)11-17-16(21)18-14-7-5-13(6-8-14)15(20)19-9-3-4-10-19/h5-8,12H,3-4,9-11H2,1-2H3,(H2,17,18,21). The van der Waals surface area contributed by atoms with E-state index in [2.05, 4.69) is 24.5 Å². The molecule has 1 heterocycles. The van der Waals surface area contributed by atoms with E-state index < -0.39 is 0 Å². The van der Waals surface area contributed by atoms with E-state index in [1.54, 1.807) is 0 Å². The monoisotopic (exact) mass is 305 g/mol. The molecule has 0 bridgehead atoms. The molecule has 0 radical (unpaired) electrons. The molecule has 1 amide bonds. The zero-order valence-corrected chi connectivity index (χ0v) is 13.5. The maximum atomic E-state index is 12.2. The van der Waals surface area contributed by atoms with E-state index in [9.17, 15) is 4.79 Å². The Morgan fingerprint density at radius 3 is 2.43 bits per heavy atom. The molecule has 1 aromatic carbocycles. The number of benzene rings is 1. The van der Waals surface area contributed by atoms with Crippen molar-refractivity contribution in [1.82, 2.24) is 10.2 Å². The van der Waals surface area contributed by atoms with E-state index in [1.807, 2.05) is 29.2 Å². The number of carbonyl (C=O) groups excluding carboxylic acids is 1. The minimum absolute atomic E-state index is 0.125. The van der Waals surface area contributed by atoms with E-state index in [0.717, 1.165) is 43.7 Å². The first kappa shape index (κ1) is 15.8. The first-order valence-corrected chi connectivity index (χ1v) is 7.91. The number of likely N-dealkylation sites (tertiary alicyclic amines) is 1. The summed E-state index contributed by atoms with van der Waals surface area (Å²) in [5, 5.41) is 6.90. The van der Waals surface area contributed by atoms with Gasteiger partial charge in [0.2, 0.25) is 0 Å². The van der Waals surface area contributed by atoms with Gasteiger partial charge in [-0.15, -0.1) is 0 Å². The Morgan fingerprint density at radius 1 is 1.24 bits per heavy atom. The first-order valence-electron chi connectivity index (χ1n) is 7.50. The lowest BCUT2D eigenvalue weighted by Crippen LogP contribution is -2.31. The van der Waals surface area contributed by atoms with E-state index in [4.69, 9.17) is 12.2 Å². The molecule has 1 aliphatic heterocycles. The Labute approximate surface area is 131 Å². The maximum Gasteiger partial charge on any atom is 0.253 e. The third kappa shape index (κ3) is 4.70. The molecule has 0 saturated carbocycles. The van der Waals surface area contributed by atoms with Gasteiger partial charge in [0.25, 0.3) is 5.91 Å². The van der Waals surface area contributed by atoms with Crippen molar-refractivity contribution in [3.63, 3.8) is 0 Å². The van der Waals surface area contributed by atoms with Crippen LogP contribution in [0.5, 0.6) is 0 Å². The van der Waals surface area contributed by atoms with Crippen molar-refractivity contribution >= 4 is 28.9 Å². The molecule has 114 valence electrons. The summed E-state index contributed by atoms with van der Waals surface area (Å²) in [4.78, 5) is 14.1. The van der Waals surface area contributed by atoms with Crippen LogP contribution in [0.4, 0.5) is 5.69 Å². The van der Waals surface area contributed by atoms with Crippen LogP contribution in [-0.2, 0) is 0 Å². The predicted molar refractivity (Wildman–Crippen MR) is 90.6 cm³/mol. The zero-order chi connectivity index (χ0) is 15.2. The highest BCUT2D eigenvalue weighted by molar-refractivity contribution is 7.80. The first-order chi connectivity index (χ1) is 10.1. The largest absolute Gasteiger partial charge is 0.362 e. The van der Waals surface area contributed by atoms with E-state index >= 15 is 0 Å². The van der Waals surface area contributed by atoms with Gasteiger partial charge in [-0.05, 0) is 55.2 Å². The zero-order valence-electron chi connectivity index (χ0n) is 12.7. The Hall–Kier alpha value is -1.62. The van der Waals surface area contributed by atoms with Crippen molar-refractivity contribution in [3.8, 4) is 0 Å². The predicted octanol–water partition coefficient (Wildman–Crippen LogP) is 2.87. The molecule has 0 spiro atoms. The number of thiocarbonyl (C=S) groups is 1. The Balaban J connectivity index is 1.89. The molecular formula is C16H23N3OS. The number of nitrogens with one attached hydrogen (secondary N) is 2. The lowest BCUT2D eigenvalue weighted by atomic mass is 10.2. The number of hydrogen-bond donors (Lipinski definition) is 2. The smallest absolute Gasteiger partial charge is 0.253 e. The number of amides is 1. The summed E-state index contributed by atoms with van der Waals surface area (Å²) >= 11 is 5.23. The molecule has 2 N–H and O–H groups in total. The van der Waals surface area contributed by atoms with Crippen LogP contribution in [0.3, 0.4) is 0 Å². The molecule has 21 heavy (non-hydrogen) atoms. The van der Waals surface area contributed by atoms with Crippen LogP contribution >= 0.6 is 12.2 Å². The van der Waals surface area contributed by atoms with Crippen LogP contribution in [-0.4, -0.2) is 35.6 Å². The highest BCUT2D eigenvalue weighted by Crippen LogP contribution is 2.15. The SMILES string of the molecule is CC(C)CNC(=S)Nc1ccc(C(=O)N2CCCC2)cc1. The van der Waals surface area contributed by atoms with Gasteiger partial charge in [0, 0.05) is 30.9 Å². The number of carbonyl (C=O) groups is 1. The van der Waals surface area contributed by atoms with Crippen molar-refractivity contribution in [1.29, 1.82) is 0 Å². The fourth-order valence-corrected chi connectivity index (χ4v) is 2.47. The van der Waals surface area contributed by atoms with Gasteiger partial charge in [0.15, 0.2) is 5.11 Å². The molecule has 0 aliphatic carbocycles. The summed E-state index contributed by atoms with van der Waals surface area (Å²) in [7, 11) is 0. The molecule has 0 atom stereocenters. The fraction of sp³-hybridized carbons (Fsp3) is 0.500. The third-order valence-corrected chi connectivity index (χ3v) is 3.70. The van der Waals surface area contributed by atoms with E-state index in [1.165, 1.54) is 0 Å². The topological polar surface area (TPSA) is 44.4 Å². The molecule has 1 aromatic rings. The average molecular weight is 305 g/mol. The van der Waals surface area contributed by atoms with Gasteiger partial charge in [0.05, 0.1) is 0 Å².